The molecule has 1 aliphatic rings. The van der Waals surface area contributed by atoms with Gasteiger partial charge in [0.05, 0.1) is 13.2 Å². The van der Waals surface area contributed by atoms with Crippen molar-refractivity contribution in [2.75, 3.05) is 26.3 Å². The Hall–Kier alpha value is -1.45. The van der Waals surface area contributed by atoms with E-state index in [1.807, 2.05) is 12.4 Å². The molecular formula is C15H18N2O. The maximum absolute atomic E-state index is 5.62. The van der Waals surface area contributed by atoms with Crippen LogP contribution in [0.2, 0.25) is 0 Å². The number of nitrogens with one attached hydrogen (secondary N) is 1. The zero-order valence-corrected chi connectivity index (χ0v) is 10.4. The van der Waals surface area contributed by atoms with E-state index in [1.54, 1.807) is 0 Å². The summed E-state index contributed by atoms with van der Waals surface area (Å²) in [6, 6.07) is 8.56. The largest absolute Gasteiger partial charge is 0.380 e. The predicted molar refractivity (Wildman–Crippen MR) is 72.6 cm³/mol. The van der Waals surface area contributed by atoms with Crippen LogP contribution in [0.5, 0.6) is 0 Å². The molecule has 1 N–H and O–H groups in total. The van der Waals surface area contributed by atoms with Gasteiger partial charge in [-0.2, -0.15) is 0 Å². The molecule has 1 aliphatic heterocycles. The molecule has 0 saturated carbocycles. The van der Waals surface area contributed by atoms with Crippen LogP contribution < -0.4 is 5.32 Å². The quantitative estimate of drug-likeness (QED) is 0.874. The van der Waals surface area contributed by atoms with Crippen molar-refractivity contribution in [3.05, 3.63) is 42.2 Å². The molecule has 0 bridgehead atoms. The molecule has 0 spiro atoms. The third kappa shape index (κ3) is 2.52. The van der Waals surface area contributed by atoms with Crippen LogP contribution in [0.25, 0.3) is 10.8 Å². The maximum atomic E-state index is 5.62. The first-order valence-electron chi connectivity index (χ1n) is 6.53. The van der Waals surface area contributed by atoms with E-state index in [4.69, 9.17) is 4.74 Å². The lowest BCUT2D eigenvalue weighted by atomic mass is 9.96. The fourth-order valence-electron chi connectivity index (χ4n) is 2.57. The van der Waals surface area contributed by atoms with Gasteiger partial charge in [-0.15, -0.1) is 0 Å². The van der Waals surface area contributed by atoms with Crippen LogP contribution in [0.4, 0.5) is 0 Å². The Balaban J connectivity index is 1.85. The van der Waals surface area contributed by atoms with Crippen molar-refractivity contribution in [1.29, 1.82) is 0 Å². The summed E-state index contributed by atoms with van der Waals surface area (Å²) in [6.45, 7) is 3.70. The van der Waals surface area contributed by atoms with Gasteiger partial charge in [-0.1, -0.05) is 18.2 Å². The number of fused-ring (bicyclic) bond motifs is 1. The predicted octanol–water partition coefficient (Wildman–Crippen LogP) is 2.01. The highest BCUT2D eigenvalue weighted by Crippen LogP contribution is 2.20. The zero-order valence-electron chi connectivity index (χ0n) is 10.4. The molecule has 2 aromatic rings. The van der Waals surface area contributed by atoms with Crippen LogP contribution in [-0.2, 0) is 11.2 Å². The number of ether oxygens (including phenoxy) is 1. The first kappa shape index (κ1) is 11.6. The topological polar surface area (TPSA) is 34.1 Å². The van der Waals surface area contributed by atoms with E-state index in [0.717, 1.165) is 32.7 Å². The summed E-state index contributed by atoms with van der Waals surface area (Å²) >= 11 is 0. The van der Waals surface area contributed by atoms with Gasteiger partial charge in [-0.05, 0) is 29.4 Å². The highest BCUT2D eigenvalue weighted by atomic mass is 16.5. The van der Waals surface area contributed by atoms with Gasteiger partial charge in [-0.25, -0.2) is 0 Å². The van der Waals surface area contributed by atoms with Crippen molar-refractivity contribution in [2.24, 2.45) is 5.92 Å². The molecule has 1 aromatic heterocycles. The van der Waals surface area contributed by atoms with E-state index in [-0.39, 0.29) is 0 Å². The molecule has 0 amide bonds. The molecule has 0 radical (unpaired) electrons. The third-order valence-electron chi connectivity index (χ3n) is 3.49. The van der Waals surface area contributed by atoms with E-state index in [0.29, 0.717) is 5.92 Å². The van der Waals surface area contributed by atoms with Crippen LogP contribution >= 0.6 is 0 Å². The number of hydrogen-bond donors (Lipinski definition) is 1. The van der Waals surface area contributed by atoms with Gasteiger partial charge in [0.25, 0.3) is 0 Å². The standard InChI is InChI=1S/C15H18N2O/c1-2-13(8-12-9-17-6-7-18-11-12)15-4-5-16-10-14(15)3-1/h1-5,10,12,17H,6-9,11H2. The molecule has 3 heteroatoms. The second-order valence-electron chi connectivity index (χ2n) is 4.86. The SMILES string of the molecule is c1cc(CC2CNCCOC2)c2ccncc2c1. The van der Waals surface area contributed by atoms with Crippen molar-refractivity contribution in [1.82, 2.24) is 10.3 Å². The monoisotopic (exact) mass is 242 g/mol. The molecule has 3 nitrogen and oxygen atoms in total. The highest BCUT2D eigenvalue weighted by molar-refractivity contribution is 5.84. The van der Waals surface area contributed by atoms with E-state index in [9.17, 15) is 0 Å². The summed E-state index contributed by atoms with van der Waals surface area (Å²) in [5.74, 6) is 0.561. The lowest BCUT2D eigenvalue weighted by molar-refractivity contribution is 0.123. The van der Waals surface area contributed by atoms with Gasteiger partial charge < -0.3 is 10.1 Å². The Morgan fingerprint density at radius 3 is 3.33 bits per heavy atom. The fourth-order valence-corrected chi connectivity index (χ4v) is 2.57. The number of nitrogens with zero attached hydrogens (tertiary/aromatic N) is 1. The lowest BCUT2D eigenvalue weighted by Gasteiger charge is -2.15. The zero-order chi connectivity index (χ0) is 12.2. The number of pyridine rings is 1. The van der Waals surface area contributed by atoms with Gasteiger partial charge in [0.2, 0.25) is 0 Å². The van der Waals surface area contributed by atoms with Crippen LogP contribution in [0.15, 0.2) is 36.7 Å². The summed E-state index contributed by atoms with van der Waals surface area (Å²) in [5, 5.41) is 5.96. The summed E-state index contributed by atoms with van der Waals surface area (Å²) in [4.78, 5) is 4.18. The molecule has 1 unspecified atom stereocenters. The molecule has 94 valence electrons. The number of benzene rings is 1. The maximum Gasteiger partial charge on any atom is 0.0591 e. The summed E-state index contributed by atoms with van der Waals surface area (Å²) in [7, 11) is 0. The molecule has 1 fully saturated rings. The molecule has 1 atom stereocenters. The smallest absolute Gasteiger partial charge is 0.0591 e. The molecule has 1 aromatic carbocycles. The lowest BCUT2D eigenvalue weighted by Crippen LogP contribution is -2.24. The summed E-state index contributed by atoms with van der Waals surface area (Å²) < 4.78 is 5.62. The van der Waals surface area contributed by atoms with Crippen molar-refractivity contribution in [3.8, 4) is 0 Å². The Bertz CT molecular complexity index is 513. The highest BCUT2D eigenvalue weighted by Gasteiger charge is 2.14. The third-order valence-corrected chi connectivity index (χ3v) is 3.49. The van der Waals surface area contributed by atoms with E-state index in [1.165, 1.54) is 16.3 Å². The van der Waals surface area contributed by atoms with Gasteiger partial charge in [0.15, 0.2) is 0 Å². The van der Waals surface area contributed by atoms with Gasteiger partial charge >= 0.3 is 0 Å². The van der Waals surface area contributed by atoms with E-state index >= 15 is 0 Å². The number of rotatable bonds is 2. The first-order valence-corrected chi connectivity index (χ1v) is 6.53. The molecule has 3 rings (SSSR count). The van der Waals surface area contributed by atoms with Crippen LogP contribution in [0.3, 0.4) is 0 Å². The Labute approximate surface area is 107 Å². The van der Waals surface area contributed by atoms with E-state index in [2.05, 4.69) is 34.6 Å². The molecule has 0 aliphatic carbocycles. The number of hydrogen-bond acceptors (Lipinski definition) is 3. The summed E-state index contributed by atoms with van der Waals surface area (Å²) in [6.07, 6.45) is 4.86. The van der Waals surface area contributed by atoms with Crippen molar-refractivity contribution in [3.63, 3.8) is 0 Å². The second kappa shape index (κ2) is 5.46. The van der Waals surface area contributed by atoms with Gasteiger partial charge in [0.1, 0.15) is 0 Å². The van der Waals surface area contributed by atoms with Crippen LogP contribution in [-0.4, -0.2) is 31.3 Å². The normalized spacial score (nSPS) is 20.8. The van der Waals surface area contributed by atoms with Crippen molar-refractivity contribution < 1.29 is 4.74 Å². The number of aromatic nitrogens is 1. The minimum atomic E-state index is 0.561. The Morgan fingerprint density at radius 1 is 1.33 bits per heavy atom. The Morgan fingerprint density at radius 2 is 2.33 bits per heavy atom. The van der Waals surface area contributed by atoms with E-state index < -0.39 is 0 Å². The molecule has 18 heavy (non-hydrogen) atoms. The van der Waals surface area contributed by atoms with Crippen LogP contribution in [0.1, 0.15) is 5.56 Å². The average molecular weight is 242 g/mol. The van der Waals surface area contributed by atoms with Crippen molar-refractivity contribution >= 4 is 10.8 Å². The molecular weight excluding hydrogens is 224 g/mol. The first-order chi connectivity index (χ1) is 8.93. The fraction of sp³-hybridized carbons (Fsp3) is 0.400. The molecule has 2 heterocycles. The average Bonchev–Trinajstić information content (AvgIpc) is 2.68. The van der Waals surface area contributed by atoms with Crippen LogP contribution in [0, 0.1) is 5.92 Å². The van der Waals surface area contributed by atoms with Gasteiger partial charge in [-0.3, -0.25) is 4.98 Å². The van der Waals surface area contributed by atoms with Gasteiger partial charge in [0, 0.05) is 30.9 Å². The minimum Gasteiger partial charge on any atom is -0.380 e. The second-order valence-corrected chi connectivity index (χ2v) is 4.86. The molecule has 1 saturated heterocycles. The summed E-state index contributed by atoms with van der Waals surface area (Å²) in [5.41, 5.74) is 1.40. The Kier molecular flexibility index (Phi) is 3.53. The minimum absolute atomic E-state index is 0.561. The van der Waals surface area contributed by atoms with Crippen molar-refractivity contribution in [2.45, 2.75) is 6.42 Å².